The lowest BCUT2D eigenvalue weighted by molar-refractivity contribution is -0.131. The molecular weight excluding hydrogens is 216 g/mol. The zero-order valence-corrected chi connectivity index (χ0v) is 9.37. The summed E-state index contributed by atoms with van der Waals surface area (Å²) in [6.07, 6.45) is 4.56. The highest BCUT2D eigenvalue weighted by molar-refractivity contribution is 5.85. The Balaban J connectivity index is 2.21. The Hall–Kier alpha value is -2.36. The molecule has 1 aromatic heterocycles. The van der Waals surface area contributed by atoms with Gasteiger partial charge >= 0.3 is 5.97 Å². The Morgan fingerprint density at radius 1 is 1.29 bits per heavy atom. The molecule has 17 heavy (non-hydrogen) atoms. The summed E-state index contributed by atoms with van der Waals surface area (Å²) in [5.74, 6) is -0.947. The SMILES string of the molecule is Cc1ccn(-c2ccc(C=CC(=O)O)cc2)n1. The van der Waals surface area contributed by atoms with E-state index in [1.807, 2.05) is 43.5 Å². The van der Waals surface area contributed by atoms with E-state index in [0.717, 1.165) is 23.0 Å². The third-order valence-electron chi connectivity index (χ3n) is 2.30. The van der Waals surface area contributed by atoms with E-state index in [9.17, 15) is 4.79 Å². The van der Waals surface area contributed by atoms with Crippen LogP contribution in [0.1, 0.15) is 11.3 Å². The molecule has 0 aliphatic carbocycles. The maximum atomic E-state index is 10.4. The lowest BCUT2D eigenvalue weighted by atomic mass is 10.2. The van der Waals surface area contributed by atoms with Crippen LogP contribution in [0.2, 0.25) is 0 Å². The lowest BCUT2D eigenvalue weighted by Gasteiger charge is -2.01. The molecule has 1 aromatic carbocycles. The van der Waals surface area contributed by atoms with Crippen molar-refractivity contribution in [2.24, 2.45) is 0 Å². The normalized spacial score (nSPS) is 10.9. The molecule has 4 nitrogen and oxygen atoms in total. The van der Waals surface area contributed by atoms with Gasteiger partial charge in [0.05, 0.1) is 11.4 Å². The van der Waals surface area contributed by atoms with Crippen LogP contribution in [0.5, 0.6) is 0 Å². The van der Waals surface area contributed by atoms with Gasteiger partial charge in [-0.1, -0.05) is 12.1 Å². The first-order valence-electron chi connectivity index (χ1n) is 5.19. The van der Waals surface area contributed by atoms with Crippen molar-refractivity contribution in [3.63, 3.8) is 0 Å². The first-order chi connectivity index (χ1) is 8.15. The molecule has 0 radical (unpaired) electrons. The molecule has 86 valence electrons. The van der Waals surface area contributed by atoms with E-state index in [4.69, 9.17) is 5.11 Å². The number of benzene rings is 1. The number of hydrogen-bond acceptors (Lipinski definition) is 2. The molecule has 2 aromatic rings. The van der Waals surface area contributed by atoms with E-state index in [1.165, 1.54) is 0 Å². The minimum Gasteiger partial charge on any atom is -0.478 e. The van der Waals surface area contributed by atoms with Crippen LogP contribution >= 0.6 is 0 Å². The molecule has 0 bridgehead atoms. The van der Waals surface area contributed by atoms with Crippen molar-refractivity contribution in [3.05, 3.63) is 53.9 Å². The van der Waals surface area contributed by atoms with Gasteiger partial charge in [-0.25, -0.2) is 9.48 Å². The van der Waals surface area contributed by atoms with Crippen molar-refractivity contribution >= 4 is 12.0 Å². The average molecular weight is 228 g/mol. The summed E-state index contributed by atoms with van der Waals surface area (Å²) < 4.78 is 1.78. The Morgan fingerprint density at radius 3 is 2.53 bits per heavy atom. The molecule has 0 spiro atoms. The third-order valence-corrected chi connectivity index (χ3v) is 2.30. The standard InChI is InChI=1S/C13H12N2O2/c1-10-8-9-15(14-10)12-5-2-11(3-6-12)4-7-13(16)17/h2-9H,1H3,(H,16,17). The number of carboxylic acid groups (broad SMARTS) is 1. The average Bonchev–Trinajstić information content (AvgIpc) is 2.74. The second-order valence-electron chi connectivity index (χ2n) is 3.66. The van der Waals surface area contributed by atoms with Crippen LogP contribution in [0.15, 0.2) is 42.6 Å². The number of carbonyl (C=O) groups is 1. The van der Waals surface area contributed by atoms with E-state index in [-0.39, 0.29) is 0 Å². The molecule has 2 rings (SSSR count). The van der Waals surface area contributed by atoms with Gasteiger partial charge in [0, 0.05) is 12.3 Å². The van der Waals surface area contributed by atoms with E-state index in [0.29, 0.717) is 0 Å². The number of hydrogen-bond donors (Lipinski definition) is 1. The first-order valence-corrected chi connectivity index (χ1v) is 5.19. The quantitative estimate of drug-likeness (QED) is 0.820. The van der Waals surface area contributed by atoms with Gasteiger partial charge in [0.2, 0.25) is 0 Å². The van der Waals surface area contributed by atoms with Gasteiger partial charge in [0.25, 0.3) is 0 Å². The molecule has 0 saturated heterocycles. The van der Waals surface area contributed by atoms with Gasteiger partial charge < -0.3 is 5.11 Å². The van der Waals surface area contributed by atoms with E-state index in [2.05, 4.69) is 5.10 Å². The fourth-order valence-corrected chi connectivity index (χ4v) is 1.46. The number of carboxylic acids is 1. The van der Waals surface area contributed by atoms with Crippen molar-refractivity contribution in [1.29, 1.82) is 0 Å². The van der Waals surface area contributed by atoms with E-state index < -0.39 is 5.97 Å². The predicted molar refractivity (Wildman–Crippen MR) is 65.0 cm³/mol. The Labute approximate surface area is 98.8 Å². The van der Waals surface area contributed by atoms with Crippen LogP contribution in [-0.2, 0) is 4.79 Å². The predicted octanol–water partition coefficient (Wildman–Crippen LogP) is 2.28. The monoisotopic (exact) mass is 228 g/mol. The highest BCUT2D eigenvalue weighted by Gasteiger charge is 1.97. The first kappa shape index (κ1) is 11.1. The summed E-state index contributed by atoms with van der Waals surface area (Å²) in [4.78, 5) is 10.4. The van der Waals surface area contributed by atoms with Gasteiger partial charge in [-0.3, -0.25) is 0 Å². The number of aryl methyl sites for hydroxylation is 1. The summed E-state index contributed by atoms with van der Waals surface area (Å²) in [5, 5.41) is 12.8. The van der Waals surface area contributed by atoms with Crippen LogP contribution in [-0.4, -0.2) is 20.9 Å². The van der Waals surface area contributed by atoms with Crippen molar-refractivity contribution < 1.29 is 9.90 Å². The second kappa shape index (κ2) is 4.65. The number of nitrogens with zero attached hydrogens (tertiary/aromatic N) is 2. The summed E-state index contributed by atoms with van der Waals surface area (Å²) in [6, 6.07) is 9.43. The van der Waals surface area contributed by atoms with Crippen molar-refractivity contribution in [1.82, 2.24) is 9.78 Å². The molecule has 0 aliphatic rings. The lowest BCUT2D eigenvalue weighted by Crippen LogP contribution is -1.94. The van der Waals surface area contributed by atoms with Crippen LogP contribution in [0.3, 0.4) is 0 Å². The Morgan fingerprint density at radius 2 is 2.00 bits per heavy atom. The van der Waals surface area contributed by atoms with Crippen molar-refractivity contribution in [2.45, 2.75) is 6.92 Å². The van der Waals surface area contributed by atoms with Crippen LogP contribution in [0.4, 0.5) is 0 Å². The Bertz CT molecular complexity index is 553. The Kier molecular flexibility index (Phi) is 3.05. The van der Waals surface area contributed by atoms with Gasteiger partial charge in [-0.15, -0.1) is 0 Å². The van der Waals surface area contributed by atoms with Crippen LogP contribution in [0.25, 0.3) is 11.8 Å². The van der Waals surface area contributed by atoms with Crippen molar-refractivity contribution in [3.8, 4) is 5.69 Å². The zero-order valence-electron chi connectivity index (χ0n) is 9.37. The highest BCUT2D eigenvalue weighted by Crippen LogP contribution is 2.10. The largest absolute Gasteiger partial charge is 0.478 e. The topological polar surface area (TPSA) is 55.1 Å². The van der Waals surface area contributed by atoms with Gasteiger partial charge in [0.1, 0.15) is 0 Å². The molecule has 0 amide bonds. The maximum absolute atomic E-state index is 10.4. The molecular formula is C13H12N2O2. The molecule has 0 atom stereocenters. The number of aliphatic carboxylic acids is 1. The van der Waals surface area contributed by atoms with Gasteiger partial charge in [-0.2, -0.15) is 5.10 Å². The van der Waals surface area contributed by atoms with E-state index >= 15 is 0 Å². The summed E-state index contributed by atoms with van der Waals surface area (Å²) in [7, 11) is 0. The van der Waals surface area contributed by atoms with Crippen LogP contribution < -0.4 is 0 Å². The molecule has 1 heterocycles. The van der Waals surface area contributed by atoms with Gasteiger partial charge in [0.15, 0.2) is 0 Å². The maximum Gasteiger partial charge on any atom is 0.328 e. The fourth-order valence-electron chi connectivity index (χ4n) is 1.46. The minimum absolute atomic E-state index is 0.847. The molecule has 4 heteroatoms. The summed E-state index contributed by atoms with van der Waals surface area (Å²) in [5.41, 5.74) is 2.76. The summed E-state index contributed by atoms with van der Waals surface area (Å²) >= 11 is 0. The third kappa shape index (κ3) is 2.81. The smallest absolute Gasteiger partial charge is 0.328 e. The molecule has 0 aliphatic heterocycles. The van der Waals surface area contributed by atoms with Gasteiger partial charge in [-0.05, 0) is 36.8 Å². The number of rotatable bonds is 3. The molecule has 0 fully saturated rings. The molecule has 1 N–H and O–H groups in total. The molecule has 0 saturated carbocycles. The molecule has 0 unspecified atom stereocenters. The van der Waals surface area contributed by atoms with Crippen LogP contribution in [0, 0.1) is 6.92 Å². The van der Waals surface area contributed by atoms with Crippen molar-refractivity contribution in [2.75, 3.05) is 0 Å². The zero-order chi connectivity index (χ0) is 12.3. The van der Waals surface area contributed by atoms with E-state index in [1.54, 1.807) is 10.8 Å². The number of aromatic nitrogens is 2. The second-order valence-corrected chi connectivity index (χ2v) is 3.66. The fraction of sp³-hybridized carbons (Fsp3) is 0.0769. The highest BCUT2D eigenvalue weighted by atomic mass is 16.4. The minimum atomic E-state index is -0.947. The summed E-state index contributed by atoms with van der Waals surface area (Å²) in [6.45, 7) is 1.93.